The zero-order valence-electron chi connectivity index (χ0n) is 9.32. The first kappa shape index (κ1) is 12.0. The van der Waals surface area contributed by atoms with Crippen molar-refractivity contribution in [2.75, 3.05) is 32.7 Å². The van der Waals surface area contributed by atoms with Crippen LogP contribution in [-0.4, -0.2) is 37.6 Å². The molecule has 1 aromatic rings. The number of rotatable bonds is 3. The van der Waals surface area contributed by atoms with E-state index in [0.717, 1.165) is 37.2 Å². The zero-order valence-corrected chi connectivity index (χ0v) is 10.9. The highest BCUT2D eigenvalue weighted by molar-refractivity contribution is 9.10. The summed E-state index contributed by atoms with van der Waals surface area (Å²) in [5, 5.41) is 3.35. The molecule has 1 unspecified atom stereocenters. The minimum absolute atomic E-state index is 0.117. The van der Waals surface area contributed by atoms with Crippen molar-refractivity contribution >= 4 is 15.9 Å². The summed E-state index contributed by atoms with van der Waals surface area (Å²) in [4.78, 5) is 2.42. The van der Waals surface area contributed by atoms with Crippen molar-refractivity contribution in [2.45, 2.75) is 6.04 Å². The van der Waals surface area contributed by atoms with Crippen LogP contribution in [0.15, 0.2) is 28.7 Å². The fraction of sp³-hybridized carbons (Fsp3) is 0.500. The Morgan fingerprint density at radius 3 is 2.50 bits per heavy atom. The van der Waals surface area contributed by atoms with Crippen LogP contribution in [0, 0.1) is 0 Å². The molecular weight excluding hydrogens is 266 g/mol. The first-order chi connectivity index (χ1) is 7.75. The second-order valence-electron chi connectivity index (χ2n) is 4.21. The molecule has 0 bridgehead atoms. The Hall–Kier alpha value is -0.420. The molecule has 1 aromatic carbocycles. The Morgan fingerprint density at radius 2 is 1.88 bits per heavy atom. The quantitative estimate of drug-likeness (QED) is 0.880. The summed E-state index contributed by atoms with van der Waals surface area (Å²) in [6.45, 7) is 5.30. The lowest BCUT2D eigenvalue weighted by atomic mass is 10.1. The average molecular weight is 284 g/mol. The molecule has 0 aromatic heterocycles. The van der Waals surface area contributed by atoms with Crippen LogP contribution in [0.4, 0.5) is 0 Å². The van der Waals surface area contributed by atoms with Gasteiger partial charge in [0.15, 0.2) is 0 Å². The fourth-order valence-electron chi connectivity index (χ4n) is 1.99. The van der Waals surface area contributed by atoms with Crippen molar-refractivity contribution in [2.24, 2.45) is 5.73 Å². The molecule has 0 amide bonds. The van der Waals surface area contributed by atoms with Crippen LogP contribution in [0.3, 0.4) is 0 Å². The van der Waals surface area contributed by atoms with Gasteiger partial charge >= 0.3 is 0 Å². The summed E-state index contributed by atoms with van der Waals surface area (Å²) < 4.78 is 1.10. The van der Waals surface area contributed by atoms with Gasteiger partial charge in [-0.2, -0.15) is 0 Å². The molecule has 2 rings (SSSR count). The van der Waals surface area contributed by atoms with Crippen molar-refractivity contribution in [3.63, 3.8) is 0 Å². The number of halogens is 1. The third-order valence-corrected chi connectivity index (χ3v) is 3.49. The van der Waals surface area contributed by atoms with Gasteiger partial charge in [-0.3, -0.25) is 4.90 Å². The monoisotopic (exact) mass is 283 g/mol. The summed E-state index contributed by atoms with van der Waals surface area (Å²) in [6.07, 6.45) is 0. The van der Waals surface area contributed by atoms with Crippen molar-refractivity contribution in [3.8, 4) is 0 Å². The number of nitrogens with one attached hydrogen (secondary N) is 1. The maximum Gasteiger partial charge on any atom is 0.0424 e. The number of hydrogen-bond acceptors (Lipinski definition) is 3. The molecule has 1 saturated heterocycles. The van der Waals surface area contributed by atoms with Crippen LogP contribution in [0.25, 0.3) is 0 Å². The molecule has 16 heavy (non-hydrogen) atoms. The lowest BCUT2D eigenvalue weighted by Crippen LogP contribution is -2.45. The maximum absolute atomic E-state index is 6.20. The molecule has 0 spiro atoms. The SMILES string of the molecule is NC(CN1CCNCC1)c1ccc(Br)cc1. The second-order valence-corrected chi connectivity index (χ2v) is 5.12. The molecule has 3 N–H and O–H groups in total. The van der Waals surface area contributed by atoms with E-state index in [1.54, 1.807) is 0 Å². The van der Waals surface area contributed by atoms with Crippen LogP contribution >= 0.6 is 15.9 Å². The third-order valence-electron chi connectivity index (χ3n) is 2.96. The average Bonchev–Trinajstić information content (AvgIpc) is 2.31. The highest BCUT2D eigenvalue weighted by atomic mass is 79.9. The van der Waals surface area contributed by atoms with Gasteiger partial charge in [-0.15, -0.1) is 0 Å². The van der Waals surface area contributed by atoms with E-state index in [1.165, 1.54) is 5.56 Å². The van der Waals surface area contributed by atoms with E-state index in [-0.39, 0.29) is 6.04 Å². The molecule has 88 valence electrons. The van der Waals surface area contributed by atoms with Gasteiger partial charge < -0.3 is 11.1 Å². The van der Waals surface area contributed by atoms with E-state index in [0.29, 0.717) is 0 Å². The van der Waals surface area contributed by atoms with Gasteiger partial charge in [0.25, 0.3) is 0 Å². The van der Waals surface area contributed by atoms with Gasteiger partial charge in [0.05, 0.1) is 0 Å². The molecule has 1 atom stereocenters. The van der Waals surface area contributed by atoms with E-state index in [9.17, 15) is 0 Å². The molecule has 1 fully saturated rings. The van der Waals surface area contributed by atoms with Crippen LogP contribution in [0.5, 0.6) is 0 Å². The molecule has 3 nitrogen and oxygen atoms in total. The molecule has 0 radical (unpaired) electrons. The van der Waals surface area contributed by atoms with Crippen molar-refractivity contribution in [1.82, 2.24) is 10.2 Å². The lowest BCUT2D eigenvalue weighted by Gasteiger charge is -2.29. The summed E-state index contributed by atoms with van der Waals surface area (Å²) >= 11 is 3.43. The molecule has 0 aliphatic carbocycles. The van der Waals surface area contributed by atoms with Gasteiger partial charge in [-0.1, -0.05) is 28.1 Å². The summed E-state index contributed by atoms with van der Waals surface area (Å²) in [7, 11) is 0. The first-order valence-corrected chi connectivity index (χ1v) is 6.49. The highest BCUT2D eigenvalue weighted by Crippen LogP contribution is 2.16. The Kier molecular flexibility index (Phi) is 4.35. The molecule has 4 heteroatoms. The molecular formula is C12H18BrN3. The van der Waals surface area contributed by atoms with E-state index in [2.05, 4.69) is 38.3 Å². The fourth-order valence-corrected chi connectivity index (χ4v) is 2.25. The molecule has 0 saturated carbocycles. The maximum atomic E-state index is 6.20. The molecule has 1 heterocycles. The van der Waals surface area contributed by atoms with Crippen LogP contribution in [0.2, 0.25) is 0 Å². The van der Waals surface area contributed by atoms with Gasteiger partial charge in [0.2, 0.25) is 0 Å². The normalized spacial score (nSPS) is 19.6. The van der Waals surface area contributed by atoms with Gasteiger partial charge in [-0.25, -0.2) is 0 Å². The van der Waals surface area contributed by atoms with Crippen LogP contribution in [-0.2, 0) is 0 Å². The van der Waals surface area contributed by atoms with Crippen molar-refractivity contribution in [1.29, 1.82) is 0 Å². The summed E-state index contributed by atoms with van der Waals surface area (Å²) in [5.74, 6) is 0. The van der Waals surface area contributed by atoms with Gasteiger partial charge in [0, 0.05) is 43.2 Å². The number of benzene rings is 1. The van der Waals surface area contributed by atoms with Crippen molar-refractivity contribution < 1.29 is 0 Å². The standard InChI is InChI=1S/C12H18BrN3/c13-11-3-1-10(2-4-11)12(14)9-16-7-5-15-6-8-16/h1-4,12,15H,5-9,14H2. The Bertz CT molecular complexity index is 320. The molecule has 1 aliphatic rings. The van der Waals surface area contributed by atoms with Crippen LogP contribution < -0.4 is 11.1 Å². The minimum Gasteiger partial charge on any atom is -0.323 e. The third kappa shape index (κ3) is 3.28. The molecule has 1 aliphatic heterocycles. The van der Waals surface area contributed by atoms with Crippen molar-refractivity contribution in [3.05, 3.63) is 34.3 Å². The largest absolute Gasteiger partial charge is 0.323 e. The Labute approximate surface area is 105 Å². The summed E-state index contributed by atoms with van der Waals surface area (Å²) in [5.41, 5.74) is 7.41. The topological polar surface area (TPSA) is 41.3 Å². The number of piperazine rings is 1. The highest BCUT2D eigenvalue weighted by Gasteiger charge is 2.14. The first-order valence-electron chi connectivity index (χ1n) is 5.70. The number of hydrogen-bond donors (Lipinski definition) is 2. The Morgan fingerprint density at radius 1 is 1.25 bits per heavy atom. The van der Waals surface area contributed by atoms with Gasteiger partial charge in [0.1, 0.15) is 0 Å². The Balaban J connectivity index is 1.91. The van der Waals surface area contributed by atoms with E-state index >= 15 is 0 Å². The van der Waals surface area contributed by atoms with E-state index < -0.39 is 0 Å². The second kappa shape index (κ2) is 5.77. The smallest absolute Gasteiger partial charge is 0.0424 e. The predicted molar refractivity (Wildman–Crippen MR) is 70.4 cm³/mol. The number of nitrogens with two attached hydrogens (primary N) is 1. The minimum atomic E-state index is 0.117. The predicted octanol–water partition coefficient (Wildman–Crippen LogP) is 1.35. The van der Waals surface area contributed by atoms with E-state index in [4.69, 9.17) is 5.73 Å². The summed E-state index contributed by atoms with van der Waals surface area (Å²) in [6, 6.07) is 8.40. The zero-order chi connectivity index (χ0) is 11.4. The van der Waals surface area contributed by atoms with E-state index in [1.807, 2.05) is 12.1 Å². The van der Waals surface area contributed by atoms with Crippen LogP contribution in [0.1, 0.15) is 11.6 Å². The van der Waals surface area contributed by atoms with Gasteiger partial charge in [-0.05, 0) is 17.7 Å². The lowest BCUT2D eigenvalue weighted by molar-refractivity contribution is 0.228. The number of nitrogens with zero attached hydrogens (tertiary/aromatic N) is 1.